The van der Waals surface area contributed by atoms with Crippen molar-refractivity contribution >= 4 is 10.9 Å². The first-order valence-electron chi connectivity index (χ1n) is 7.63. The Morgan fingerprint density at radius 3 is 3.00 bits per heavy atom. The molecule has 0 unspecified atom stereocenters. The highest BCUT2D eigenvalue weighted by atomic mass is 19.1. The second kappa shape index (κ2) is 6.42. The number of hydrogen-bond acceptors (Lipinski definition) is 3. The molecular formula is C17H21FN4O. The Balaban J connectivity index is 1.61. The summed E-state index contributed by atoms with van der Waals surface area (Å²) >= 11 is 0. The minimum atomic E-state index is -0.219. The van der Waals surface area contributed by atoms with Crippen LogP contribution in [0.1, 0.15) is 16.8 Å². The Morgan fingerprint density at radius 1 is 1.39 bits per heavy atom. The molecule has 6 heteroatoms. The van der Waals surface area contributed by atoms with Crippen LogP contribution < -0.4 is 10.1 Å². The quantitative estimate of drug-likeness (QED) is 0.688. The van der Waals surface area contributed by atoms with Gasteiger partial charge < -0.3 is 15.0 Å². The van der Waals surface area contributed by atoms with Crippen molar-refractivity contribution in [3.63, 3.8) is 0 Å². The van der Waals surface area contributed by atoms with Crippen LogP contribution >= 0.6 is 0 Å². The van der Waals surface area contributed by atoms with Gasteiger partial charge in [-0.15, -0.1) is 0 Å². The molecule has 23 heavy (non-hydrogen) atoms. The van der Waals surface area contributed by atoms with Crippen molar-refractivity contribution < 1.29 is 9.13 Å². The molecule has 2 N–H and O–H groups in total. The second-order valence-electron chi connectivity index (χ2n) is 5.63. The Kier molecular flexibility index (Phi) is 4.34. The number of nitrogens with zero attached hydrogens (tertiary/aromatic N) is 2. The summed E-state index contributed by atoms with van der Waals surface area (Å²) in [5.74, 6) is 0.570. The number of ether oxygens (including phenoxy) is 1. The summed E-state index contributed by atoms with van der Waals surface area (Å²) in [6.07, 6.45) is 2.81. The molecule has 2 aromatic heterocycles. The van der Waals surface area contributed by atoms with Gasteiger partial charge in [0.1, 0.15) is 5.82 Å². The van der Waals surface area contributed by atoms with Crippen LogP contribution in [0.25, 0.3) is 10.9 Å². The first-order chi connectivity index (χ1) is 11.1. The van der Waals surface area contributed by atoms with E-state index in [2.05, 4.69) is 15.4 Å². The fourth-order valence-corrected chi connectivity index (χ4v) is 2.94. The Hall–Kier alpha value is -2.34. The molecule has 2 heterocycles. The van der Waals surface area contributed by atoms with Gasteiger partial charge in [-0.05, 0) is 43.7 Å². The number of nitrogens with one attached hydrogen (secondary N) is 2. The normalized spacial score (nSPS) is 11.3. The van der Waals surface area contributed by atoms with E-state index < -0.39 is 0 Å². The largest absolute Gasteiger partial charge is 0.481 e. The summed E-state index contributed by atoms with van der Waals surface area (Å²) in [6.45, 7) is 3.51. The first-order valence-corrected chi connectivity index (χ1v) is 7.63. The van der Waals surface area contributed by atoms with Crippen molar-refractivity contribution in [2.75, 3.05) is 13.7 Å². The van der Waals surface area contributed by atoms with Gasteiger partial charge in [-0.2, -0.15) is 5.10 Å². The van der Waals surface area contributed by atoms with Gasteiger partial charge in [-0.1, -0.05) is 0 Å². The zero-order valence-corrected chi connectivity index (χ0v) is 13.6. The lowest BCUT2D eigenvalue weighted by atomic mass is 10.1. The average molecular weight is 316 g/mol. The van der Waals surface area contributed by atoms with Crippen molar-refractivity contribution in [1.29, 1.82) is 0 Å². The molecule has 0 saturated heterocycles. The summed E-state index contributed by atoms with van der Waals surface area (Å²) in [5.41, 5.74) is 4.07. The van der Waals surface area contributed by atoms with Gasteiger partial charge >= 0.3 is 0 Å². The van der Waals surface area contributed by atoms with Crippen LogP contribution in [0.5, 0.6) is 5.88 Å². The van der Waals surface area contributed by atoms with Crippen LogP contribution in [0, 0.1) is 12.7 Å². The lowest BCUT2D eigenvalue weighted by Gasteiger charge is -2.07. The van der Waals surface area contributed by atoms with Crippen molar-refractivity contribution in [2.24, 2.45) is 7.05 Å². The number of aryl methyl sites for hydroxylation is 2. The molecule has 0 atom stereocenters. The molecule has 0 saturated carbocycles. The van der Waals surface area contributed by atoms with Crippen LogP contribution in [0.2, 0.25) is 0 Å². The van der Waals surface area contributed by atoms with Crippen LogP contribution in [0.4, 0.5) is 4.39 Å². The summed E-state index contributed by atoms with van der Waals surface area (Å²) in [5, 5.41) is 8.87. The van der Waals surface area contributed by atoms with E-state index in [1.165, 1.54) is 17.7 Å². The minimum Gasteiger partial charge on any atom is -0.481 e. The highest BCUT2D eigenvalue weighted by Crippen LogP contribution is 2.21. The van der Waals surface area contributed by atoms with Gasteiger partial charge in [-0.3, -0.25) is 0 Å². The predicted octanol–water partition coefficient (Wildman–Crippen LogP) is 2.69. The predicted molar refractivity (Wildman–Crippen MR) is 88.2 cm³/mol. The van der Waals surface area contributed by atoms with E-state index in [0.29, 0.717) is 6.54 Å². The Labute approximate surface area is 134 Å². The fraction of sp³-hybridized carbons (Fsp3) is 0.353. The SMILES string of the molecule is COc1c(CNCCc2c[nH]c3cc(F)ccc23)c(C)nn1C. The summed E-state index contributed by atoms with van der Waals surface area (Å²) in [6, 6.07) is 4.85. The van der Waals surface area contributed by atoms with Crippen LogP contribution in [-0.4, -0.2) is 28.4 Å². The zero-order valence-electron chi connectivity index (χ0n) is 13.6. The number of H-pyrrole nitrogens is 1. The molecule has 1 aromatic carbocycles. The summed E-state index contributed by atoms with van der Waals surface area (Å²) in [7, 11) is 3.53. The van der Waals surface area contributed by atoms with E-state index in [9.17, 15) is 4.39 Å². The lowest BCUT2D eigenvalue weighted by Crippen LogP contribution is -2.17. The molecule has 0 spiro atoms. The van der Waals surface area contributed by atoms with Gasteiger partial charge in [0.2, 0.25) is 5.88 Å². The molecule has 0 radical (unpaired) electrons. The first kappa shape index (κ1) is 15.6. The van der Waals surface area contributed by atoms with E-state index in [1.54, 1.807) is 11.8 Å². The third-order valence-electron chi connectivity index (χ3n) is 4.08. The third-order valence-corrected chi connectivity index (χ3v) is 4.08. The molecule has 122 valence electrons. The van der Waals surface area contributed by atoms with Crippen molar-refractivity contribution in [2.45, 2.75) is 19.9 Å². The molecule has 3 rings (SSSR count). The van der Waals surface area contributed by atoms with Gasteiger partial charge in [0.05, 0.1) is 18.4 Å². The number of fused-ring (bicyclic) bond motifs is 1. The zero-order chi connectivity index (χ0) is 16.4. The molecule has 0 aliphatic carbocycles. The maximum absolute atomic E-state index is 13.2. The highest BCUT2D eigenvalue weighted by molar-refractivity contribution is 5.83. The Morgan fingerprint density at radius 2 is 2.22 bits per heavy atom. The van der Waals surface area contributed by atoms with E-state index in [-0.39, 0.29) is 5.82 Å². The number of hydrogen-bond donors (Lipinski definition) is 2. The number of halogens is 1. The molecule has 5 nitrogen and oxygen atoms in total. The maximum Gasteiger partial charge on any atom is 0.216 e. The van der Waals surface area contributed by atoms with Crippen molar-refractivity contribution in [3.05, 3.63) is 47.0 Å². The smallest absolute Gasteiger partial charge is 0.216 e. The van der Waals surface area contributed by atoms with E-state index in [4.69, 9.17) is 4.74 Å². The highest BCUT2D eigenvalue weighted by Gasteiger charge is 2.13. The van der Waals surface area contributed by atoms with Gasteiger partial charge in [0.15, 0.2) is 0 Å². The number of aromatic amines is 1. The second-order valence-corrected chi connectivity index (χ2v) is 5.63. The van der Waals surface area contributed by atoms with Crippen molar-refractivity contribution in [3.8, 4) is 5.88 Å². The number of aromatic nitrogens is 3. The van der Waals surface area contributed by atoms with Gasteiger partial charge in [0.25, 0.3) is 0 Å². The monoisotopic (exact) mass is 316 g/mol. The van der Waals surface area contributed by atoms with Crippen LogP contribution in [0.3, 0.4) is 0 Å². The maximum atomic E-state index is 13.2. The lowest BCUT2D eigenvalue weighted by molar-refractivity contribution is 0.368. The minimum absolute atomic E-state index is 0.219. The van der Waals surface area contributed by atoms with E-state index in [0.717, 1.165) is 41.0 Å². The van der Waals surface area contributed by atoms with Crippen molar-refractivity contribution in [1.82, 2.24) is 20.1 Å². The molecule has 0 aliphatic rings. The molecular weight excluding hydrogens is 295 g/mol. The molecule has 0 amide bonds. The number of benzene rings is 1. The van der Waals surface area contributed by atoms with Gasteiger partial charge in [-0.25, -0.2) is 9.07 Å². The third kappa shape index (κ3) is 3.07. The van der Waals surface area contributed by atoms with Crippen LogP contribution in [-0.2, 0) is 20.0 Å². The number of methoxy groups -OCH3 is 1. The fourth-order valence-electron chi connectivity index (χ4n) is 2.94. The summed E-state index contributed by atoms with van der Waals surface area (Å²) in [4.78, 5) is 3.12. The Bertz CT molecular complexity index is 821. The van der Waals surface area contributed by atoms with Crippen LogP contribution in [0.15, 0.2) is 24.4 Å². The molecule has 3 aromatic rings. The number of rotatable bonds is 6. The average Bonchev–Trinajstić information content (AvgIpc) is 3.03. The van der Waals surface area contributed by atoms with Gasteiger partial charge in [0, 0.05) is 30.7 Å². The van der Waals surface area contributed by atoms with E-state index >= 15 is 0 Å². The molecule has 0 bridgehead atoms. The van der Waals surface area contributed by atoms with E-state index in [1.807, 2.05) is 26.2 Å². The molecule has 0 fully saturated rings. The summed E-state index contributed by atoms with van der Waals surface area (Å²) < 4.78 is 20.3. The molecule has 0 aliphatic heterocycles. The topological polar surface area (TPSA) is 54.9 Å². The standard InChI is InChI=1S/C17H21FN4O/c1-11-15(17(23-3)22(2)21-11)10-19-7-6-12-9-20-16-8-13(18)4-5-14(12)16/h4-5,8-9,19-20H,6-7,10H2,1-3H3.